The van der Waals surface area contributed by atoms with Crippen LogP contribution in [0.1, 0.15) is 5.56 Å². The number of phenolic OH excluding ortho intramolecular Hbond substituents is 1. The zero-order chi connectivity index (χ0) is 18.3. The van der Waals surface area contributed by atoms with Gasteiger partial charge in [0.2, 0.25) is 5.96 Å². The van der Waals surface area contributed by atoms with Crippen molar-refractivity contribution < 1.29 is 5.11 Å². The van der Waals surface area contributed by atoms with E-state index in [1.54, 1.807) is 6.07 Å². The second kappa shape index (κ2) is 6.00. The molecule has 4 rings (SSSR count). The monoisotopic (exact) mass is 343 g/mol. The summed E-state index contributed by atoms with van der Waals surface area (Å²) in [4.78, 5) is 12.3. The summed E-state index contributed by atoms with van der Waals surface area (Å²) in [5.74, 6) is -0.0178. The van der Waals surface area contributed by atoms with Crippen molar-refractivity contribution >= 4 is 27.8 Å². The molecule has 0 saturated heterocycles. The van der Waals surface area contributed by atoms with Crippen molar-refractivity contribution in [3.05, 3.63) is 65.6 Å². The van der Waals surface area contributed by atoms with E-state index >= 15 is 0 Å². The van der Waals surface area contributed by atoms with Gasteiger partial charge in [0, 0.05) is 22.5 Å². The number of aromatic nitrogens is 2. The van der Waals surface area contributed by atoms with E-state index in [9.17, 15) is 5.11 Å². The molecule has 0 bridgehead atoms. The van der Waals surface area contributed by atoms with Crippen molar-refractivity contribution in [2.24, 2.45) is 10.7 Å². The molecule has 2 aromatic heterocycles. The van der Waals surface area contributed by atoms with E-state index < -0.39 is 0 Å². The summed E-state index contributed by atoms with van der Waals surface area (Å²) in [6, 6.07) is 15.0. The highest BCUT2D eigenvalue weighted by atomic mass is 16.3. The third-order valence-electron chi connectivity index (χ3n) is 4.33. The van der Waals surface area contributed by atoms with Gasteiger partial charge >= 0.3 is 0 Å². The molecule has 0 fully saturated rings. The smallest absolute Gasteiger partial charge is 0.213 e. The molecule has 0 aliphatic rings. The van der Waals surface area contributed by atoms with Gasteiger partial charge in [-0.15, -0.1) is 0 Å². The lowest BCUT2D eigenvalue weighted by Gasteiger charge is -2.04. The van der Waals surface area contributed by atoms with Crippen LogP contribution in [0.3, 0.4) is 0 Å². The molecule has 0 saturated carbocycles. The Kier molecular flexibility index (Phi) is 3.65. The quantitative estimate of drug-likeness (QED) is 0.314. The highest BCUT2D eigenvalue weighted by Gasteiger charge is 2.11. The second-order valence-electron chi connectivity index (χ2n) is 6.09. The number of nitrogens with zero attached hydrogens (tertiary/aromatic N) is 2. The molecule has 5 N–H and O–H groups in total. The van der Waals surface area contributed by atoms with Gasteiger partial charge in [0.1, 0.15) is 11.1 Å². The largest absolute Gasteiger partial charge is 0.508 e. The fraction of sp³-hybridized carbons (Fsp3) is 0.0500. The predicted molar refractivity (Wildman–Crippen MR) is 103 cm³/mol. The highest BCUT2D eigenvalue weighted by molar-refractivity contribution is 5.98. The first kappa shape index (κ1) is 15.8. The van der Waals surface area contributed by atoms with Gasteiger partial charge in [-0.1, -0.05) is 18.2 Å². The van der Waals surface area contributed by atoms with Gasteiger partial charge < -0.3 is 15.8 Å². The van der Waals surface area contributed by atoms with Gasteiger partial charge in [0.15, 0.2) is 0 Å². The first-order valence-corrected chi connectivity index (χ1v) is 8.13. The minimum absolute atomic E-state index is 0.247. The molecule has 6 nitrogen and oxygen atoms in total. The van der Waals surface area contributed by atoms with E-state index in [2.05, 4.69) is 9.98 Å². The van der Waals surface area contributed by atoms with Crippen LogP contribution < -0.4 is 11.1 Å². The van der Waals surface area contributed by atoms with Crippen molar-refractivity contribution in [2.75, 3.05) is 0 Å². The summed E-state index contributed by atoms with van der Waals surface area (Å²) in [5, 5.41) is 19.7. The van der Waals surface area contributed by atoms with Crippen molar-refractivity contribution in [1.82, 2.24) is 9.97 Å². The average Bonchev–Trinajstić information content (AvgIpc) is 3.05. The molecule has 26 heavy (non-hydrogen) atoms. The van der Waals surface area contributed by atoms with Crippen molar-refractivity contribution in [3.63, 3.8) is 0 Å². The van der Waals surface area contributed by atoms with Crippen LogP contribution in [0.4, 0.5) is 0 Å². The van der Waals surface area contributed by atoms with Crippen molar-refractivity contribution in [2.45, 2.75) is 6.92 Å². The molecule has 6 heteroatoms. The second-order valence-corrected chi connectivity index (χ2v) is 6.09. The number of nitrogens with two attached hydrogens (primary N) is 1. The van der Waals surface area contributed by atoms with Crippen LogP contribution in [0, 0.1) is 12.3 Å². The number of aryl methyl sites for hydroxylation is 1. The van der Waals surface area contributed by atoms with Crippen LogP contribution in [-0.4, -0.2) is 21.0 Å². The summed E-state index contributed by atoms with van der Waals surface area (Å²) in [6.07, 6.45) is 1.82. The Balaban J connectivity index is 2.23. The van der Waals surface area contributed by atoms with Gasteiger partial charge in [-0.05, 0) is 42.8 Å². The van der Waals surface area contributed by atoms with Gasteiger partial charge in [-0.2, -0.15) is 0 Å². The molecule has 0 aliphatic carbocycles. The molecule has 0 amide bonds. The standard InChI is InChI=1S/C20H17N5O/c1-11-10-12(6-7-16(11)26)17-14-8-9-23-18(14)19(25-20(21)22)13-4-2-3-5-15(13)24-17/h2-10,23,26H,1H3,(H3,21,22)/b25-19-. The summed E-state index contributed by atoms with van der Waals surface area (Å²) in [6.45, 7) is 1.85. The van der Waals surface area contributed by atoms with Crippen molar-refractivity contribution in [3.8, 4) is 17.0 Å². The molecular weight excluding hydrogens is 326 g/mol. The first-order valence-electron chi connectivity index (χ1n) is 8.13. The number of fused-ring (bicyclic) bond motifs is 2. The minimum Gasteiger partial charge on any atom is -0.508 e. The van der Waals surface area contributed by atoms with Crippen LogP contribution in [0.2, 0.25) is 0 Å². The third-order valence-corrected chi connectivity index (χ3v) is 4.33. The number of H-pyrrole nitrogens is 1. The van der Waals surface area contributed by atoms with Crippen LogP contribution in [0.15, 0.2) is 59.7 Å². The number of benzene rings is 2. The maximum Gasteiger partial charge on any atom is 0.213 e. The number of hydrogen-bond acceptors (Lipinski definition) is 3. The SMILES string of the molecule is Cc1cc(-c2nc3ccccc3/c(=N/C(=N)N)c3[nH]ccc23)ccc1O. The summed E-state index contributed by atoms with van der Waals surface area (Å²) in [5.41, 5.74) is 9.50. The molecule has 2 heterocycles. The van der Waals surface area contributed by atoms with E-state index in [-0.39, 0.29) is 11.7 Å². The first-order chi connectivity index (χ1) is 12.5. The van der Waals surface area contributed by atoms with Crippen LogP contribution in [0.25, 0.3) is 33.1 Å². The van der Waals surface area contributed by atoms with Crippen LogP contribution in [-0.2, 0) is 0 Å². The number of nitrogens with one attached hydrogen (secondary N) is 2. The number of hydrogen-bond donors (Lipinski definition) is 4. The van der Waals surface area contributed by atoms with Crippen LogP contribution in [0.5, 0.6) is 5.75 Å². The van der Waals surface area contributed by atoms with Crippen molar-refractivity contribution in [1.29, 1.82) is 5.41 Å². The topological polar surface area (TPSA) is 111 Å². The third kappa shape index (κ3) is 2.57. The number of aromatic hydroxyl groups is 1. The van der Waals surface area contributed by atoms with E-state index in [0.717, 1.165) is 38.6 Å². The highest BCUT2D eigenvalue weighted by Crippen LogP contribution is 2.29. The molecule has 4 aromatic rings. The van der Waals surface area contributed by atoms with E-state index in [4.69, 9.17) is 16.1 Å². The Morgan fingerprint density at radius 1 is 1.15 bits per heavy atom. The minimum atomic E-state index is -0.265. The lowest BCUT2D eigenvalue weighted by molar-refractivity contribution is 0.471. The number of rotatable bonds is 1. The fourth-order valence-corrected chi connectivity index (χ4v) is 3.11. The lowest BCUT2D eigenvalue weighted by Crippen LogP contribution is -2.13. The van der Waals surface area contributed by atoms with E-state index in [1.807, 2.05) is 55.6 Å². The zero-order valence-corrected chi connectivity index (χ0v) is 14.1. The van der Waals surface area contributed by atoms with Gasteiger partial charge in [-0.3, -0.25) is 5.41 Å². The normalized spacial score (nSPS) is 12.0. The Labute approximate surface area is 149 Å². The summed E-state index contributed by atoms with van der Waals surface area (Å²) in [7, 11) is 0. The molecule has 0 aliphatic heterocycles. The molecular formula is C20H17N5O. The Morgan fingerprint density at radius 2 is 1.96 bits per heavy atom. The molecule has 0 unspecified atom stereocenters. The van der Waals surface area contributed by atoms with Gasteiger partial charge in [-0.25, -0.2) is 9.98 Å². The number of para-hydroxylation sites is 1. The Bertz CT molecular complexity index is 1240. The van der Waals surface area contributed by atoms with E-state index in [0.29, 0.717) is 5.36 Å². The maximum atomic E-state index is 9.85. The predicted octanol–water partition coefficient (Wildman–Crippen LogP) is 3.19. The molecule has 128 valence electrons. The number of phenols is 1. The van der Waals surface area contributed by atoms with E-state index in [1.165, 1.54) is 0 Å². The fourth-order valence-electron chi connectivity index (χ4n) is 3.11. The van der Waals surface area contributed by atoms with Gasteiger partial charge in [0.05, 0.1) is 16.7 Å². The van der Waals surface area contributed by atoms with Gasteiger partial charge in [0.25, 0.3) is 0 Å². The Morgan fingerprint density at radius 3 is 2.73 bits per heavy atom. The number of aromatic amines is 1. The maximum absolute atomic E-state index is 9.85. The Hall–Kier alpha value is -3.67. The summed E-state index contributed by atoms with van der Waals surface area (Å²) < 4.78 is 0. The summed E-state index contributed by atoms with van der Waals surface area (Å²) >= 11 is 0. The molecule has 0 radical (unpaired) electrons. The molecule has 0 atom stereocenters. The number of guanidine groups is 1. The average molecular weight is 343 g/mol. The zero-order valence-electron chi connectivity index (χ0n) is 14.1. The molecule has 0 spiro atoms. The van der Waals surface area contributed by atoms with Crippen LogP contribution >= 0.6 is 0 Å². The lowest BCUT2D eigenvalue weighted by atomic mass is 10.1. The molecule has 2 aromatic carbocycles.